The molecule has 20 heavy (non-hydrogen) atoms. The Kier molecular flexibility index (Phi) is 3.11. The van der Waals surface area contributed by atoms with Gasteiger partial charge in [0.15, 0.2) is 0 Å². The van der Waals surface area contributed by atoms with Crippen LogP contribution in [0.25, 0.3) is 22.1 Å². The summed E-state index contributed by atoms with van der Waals surface area (Å²) in [5, 5.41) is 1.64. The molecule has 0 radical (unpaired) electrons. The van der Waals surface area contributed by atoms with Crippen LogP contribution in [-0.4, -0.2) is 0 Å². The monoisotopic (exact) mass is 284 g/mol. The molecule has 0 saturated carbocycles. The van der Waals surface area contributed by atoms with E-state index in [1.54, 1.807) is 0 Å². The summed E-state index contributed by atoms with van der Waals surface area (Å²) in [5.74, 6) is 0. The van der Waals surface area contributed by atoms with Crippen molar-refractivity contribution in [1.29, 1.82) is 0 Å². The first kappa shape index (κ1) is 12.9. The first-order valence-electron chi connectivity index (χ1n) is 6.35. The van der Waals surface area contributed by atoms with Gasteiger partial charge in [-0.3, -0.25) is 0 Å². The zero-order valence-electron chi connectivity index (χ0n) is 11.2. The molecule has 100 valence electrons. The average Bonchev–Trinajstić information content (AvgIpc) is 2.37. The van der Waals surface area contributed by atoms with Crippen LogP contribution in [0.3, 0.4) is 0 Å². The van der Waals surface area contributed by atoms with Crippen LogP contribution in [0.4, 0.5) is 0 Å². The normalized spacial score (nSPS) is 10.9. The molecule has 3 aromatic rings. The Morgan fingerprint density at radius 3 is 2.40 bits per heavy atom. The van der Waals surface area contributed by atoms with E-state index in [1.165, 1.54) is 6.07 Å². The van der Waals surface area contributed by atoms with E-state index in [2.05, 4.69) is 6.07 Å². The third-order valence-corrected chi connectivity index (χ3v) is 3.59. The second kappa shape index (κ2) is 4.80. The van der Waals surface area contributed by atoms with Crippen molar-refractivity contribution in [3.63, 3.8) is 0 Å². The molecule has 3 rings (SSSR count). The maximum Gasteiger partial charge on any atom is 0.336 e. The third kappa shape index (κ3) is 2.23. The Hall–Kier alpha value is -2.06. The fourth-order valence-electron chi connectivity index (χ4n) is 2.54. The van der Waals surface area contributed by atoms with Crippen molar-refractivity contribution in [2.24, 2.45) is 0 Å². The van der Waals surface area contributed by atoms with Crippen LogP contribution >= 0.6 is 11.6 Å². The Balaban J connectivity index is 2.40. The quantitative estimate of drug-likeness (QED) is 0.605. The maximum absolute atomic E-state index is 11.8. The van der Waals surface area contributed by atoms with Gasteiger partial charge in [0.25, 0.3) is 0 Å². The summed E-state index contributed by atoms with van der Waals surface area (Å²) in [6.45, 7) is 4.01. The van der Waals surface area contributed by atoms with Gasteiger partial charge in [-0.05, 0) is 48.7 Å². The maximum atomic E-state index is 11.8. The summed E-state index contributed by atoms with van der Waals surface area (Å²) in [7, 11) is 0. The van der Waals surface area contributed by atoms with Gasteiger partial charge in [-0.25, -0.2) is 4.79 Å². The van der Waals surface area contributed by atoms with Crippen LogP contribution in [0.15, 0.2) is 51.7 Å². The molecule has 1 aromatic heterocycles. The van der Waals surface area contributed by atoms with Crippen LogP contribution in [0.2, 0.25) is 5.02 Å². The van der Waals surface area contributed by atoms with E-state index in [0.717, 1.165) is 27.6 Å². The standard InChI is InChI=1S/C17H13ClO2/c1-10-7-11(2)17-14(9-16(19)20-15(17)8-10)12-3-5-13(18)6-4-12/h3-9H,1-2H3. The van der Waals surface area contributed by atoms with E-state index in [9.17, 15) is 4.79 Å². The van der Waals surface area contributed by atoms with Gasteiger partial charge in [-0.1, -0.05) is 29.8 Å². The molecule has 0 saturated heterocycles. The number of aryl methyl sites for hydroxylation is 2. The summed E-state index contributed by atoms with van der Waals surface area (Å²) < 4.78 is 5.33. The van der Waals surface area contributed by atoms with Crippen molar-refractivity contribution >= 4 is 22.6 Å². The lowest BCUT2D eigenvalue weighted by atomic mass is 9.97. The van der Waals surface area contributed by atoms with Gasteiger partial charge in [0.2, 0.25) is 0 Å². The topological polar surface area (TPSA) is 30.2 Å². The second-order valence-corrected chi connectivity index (χ2v) is 5.38. The number of rotatable bonds is 1. The Bertz CT molecular complexity index is 845. The molecule has 0 atom stereocenters. The Morgan fingerprint density at radius 2 is 1.70 bits per heavy atom. The zero-order chi connectivity index (χ0) is 14.3. The molecule has 0 bridgehead atoms. The molecular weight excluding hydrogens is 272 g/mol. The highest BCUT2D eigenvalue weighted by Gasteiger charge is 2.10. The van der Waals surface area contributed by atoms with Crippen molar-refractivity contribution in [3.05, 3.63) is 69.0 Å². The van der Waals surface area contributed by atoms with Crippen molar-refractivity contribution in [3.8, 4) is 11.1 Å². The predicted molar refractivity (Wildman–Crippen MR) is 82.4 cm³/mol. The largest absolute Gasteiger partial charge is 0.423 e. The lowest BCUT2D eigenvalue weighted by molar-refractivity contribution is 0.561. The molecule has 2 aromatic carbocycles. The highest BCUT2D eigenvalue weighted by molar-refractivity contribution is 6.30. The fourth-order valence-corrected chi connectivity index (χ4v) is 2.67. The van der Waals surface area contributed by atoms with E-state index >= 15 is 0 Å². The van der Waals surface area contributed by atoms with Gasteiger partial charge in [-0.2, -0.15) is 0 Å². The number of hydrogen-bond acceptors (Lipinski definition) is 2. The van der Waals surface area contributed by atoms with E-state index in [1.807, 2.05) is 44.2 Å². The number of fused-ring (bicyclic) bond motifs is 1. The number of benzene rings is 2. The predicted octanol–water partition coefficient (Wildman–Crippen LogP) is 4.73. The van der Waals surface area contributed by atoms with Crippen molar-refractivity contribution < 1.29 is 4.42 Å². The SMILES string of the molecule is Cc1cc(C)c2c(-c3ccc(Cl)cc3)cc(=O)oc2c1. The van der Waals surface area contributed by atoms with Crippen LogP contribution < -0.4 is 5.63 Å². The first-order chi connectivity index (χ1) is 9.54. The minimum atomic E-state index is -0.340. The van der Waals surface area contributed by atoms with Crippen LogP contribution in [0, 0.1) is 13.8 Å². The molecule has 0 aliphatic carbocycles. The van der Waals surface area contributed by atoms with Crippen LogP contribution in [0.5, 0.6) is 0 Å². The molecule has 3 heteroatoms. The van der Waals surface area contributed by atoms with E-state index in [0.29, 0.717) is 10.6 Å². The summed E-state index contributed by atoms with van der Waals surface area (Å²) in [6.07, 6.45) is 0. The van der Waals surface area contributed by atoms with Gasteiger partial charge in [0, 0.05) is 22.0 Å². The van der Waals surface area contributed by atoms with Crippen molar-refractivity contribution in [2.45, 2.75) is 13.8 Å². The smallest absolute Gasteiger partial charge is 0.336 e. The Morgan fingerprint density at radius 1 is 1.00 bits per heavy atom. The molecule has 2 nitrogen and oxygen atoms in total. The Labute approximate surface area is 121 Å². The summed E-state index contributed by atoms with van der Waals surface area (Å²) in [6, 6.07) is 13.0. The molecular formula is C17H13ClO2. The minimum absolute atomic E-state index is 0.340. The molecule has 1 heterocycles. The highest BCUT2D eigenvalue weighted by atomic mass is 35.5. The summed E-state index contributed by atoms with van der Waals surface area (Å²) in [4.78, 5) is 11.8. The number of halogens is 1. The van der Waals surface area contributed by atoms with E-state index < -0.39 is 0 Å². The van der Waals surface area contributed by atoms with Gasteiger partial charge >= 0.3 is 5.63 Å². The lowest BCUT2D eigenvalue weighted by Crippen LogP contribution is -1.99. The van der Waals surface area contributed by atoms with Crippen LogP contribution in [-0.2, 0) is 0 Å². The molecule has 0 aliphatic heterocycles. The molecule has 0 N–H and O–H groups in total. The zero-order valence-corrected chi connectivity index (χ0v) is 12.0. The van der Waals surface area contributed by atoms with Gasteiger partial charge < -0.3 is 4.42 Å². The molecule has 0 aliphatic rings. The fraction of sp³-hybridized carbons (Fsp3) is 0.118. The summed E-state index contributed by atoms with van der Waals surface area (Å²) >= 11 is 5.92. The van der Waals surface area contributed by atoms with E-state index in [4.69, 9.17) is 16.0 Å². The third-order valence-electron chi connectivity index (χ3n) is 3.34. The molecule has 0 amide bonds. The second-order valence-electron chi connectivity index (χ2n) is 4.94. The highest BCUT2D eigenvalue weighted by Crippen LogP contribution is 2.31. The summed E-state index contributed by atoms with van der Waals surface area (Å²) in [5.41, 5.74) is 4.29. The van der Waals surface area contributed by atoms with Gasteiger partial charge in [0.1, 0.15) is 5.58 Å². The van der Waals surface area contributed by atoms with Gasteiger partial charge in [0.05, 0.1) is 0 Å². The molecule has 0 fully saturated rings. The van der Waals surface area contributed by atoms with Gasteiger partial charge in [-0.15, -0.1) is 0 Å². The van der Waals surface area contributed by atoms with Crippen molar-refractivity contribution in [1.82, 2.24) is 0 Å². The lowest BCUT2D eigenvalue weighted by Gasteiger charge is -2.09. The molecule has 0 spiro atoms. The first-order valence-corrected chi connectivity index (χ1v) is 6.73. The molecule has 0 unspecified atom stereocenters. The van der Waals surface area contributed by atoms with Crippen molar-refractivity contribution in [2.75, 3.05) is 0 Å². The average molecular weight is 285 g/mol. The number of hydrogen-bond donors (Lipinski definition) is 0. The van der Waals surface area contributed by atoms with E-state index in [-0.39, 0.29) is 5.63 Å². The minimum Gasteiger partial charge on any atom is -0.423 e. The van der Waals surface area contributed by atoms with Crippen LogP contribution in [0.1, 0.15) is 11.1 Å².